The molecule has 1 aliphatic carbocycles. The predicted octanol–water partition coefficient (Wildman–Crippen LogP) is 5.42. The van der Waals surface area contributed by atoms with E-state index in [2.05, 4.69) is 10.2 Å². The maximum atomic E-state index is 13.6. The number of carbonyl (C=O) groups is 3. The lowest BCUT2D eigenvalue weighted by Gasteiger charge is -2.41. The molecule has 2 aromatic rings. The summed E-state index contributed by atoms with van der Waals surface area (Å²) in [6, 6.07) is 16.6. The van der Waals surface area contributed by atoms with Crippen molar-refractivity contribution in [3.8, 4) is 5.75 Å². The number of urea groups is 1. The number of ether oxygens (including phenoxy) is 1. The topological polar surface area (TPSA) is 82.2 Å². The minimum absolute atomic E-state index is 0. The average molecular weight is 619 g/mol. The minimum atomic E-state index is -2.67. The normalized spacial score (nSPS) is 21.0. The molecule has 1 saturated carbocycles. The number of likely N-dealkylation sites (tertiary alicyclic amines) is 1. The van der Waals surface area contributed by atoms with E-state index in [1.807, 2.05) is 54.6 Å². The molecule has 8 nitrogen and oxygen atoms in total. The van der Waals surface area contributed by atoms with E-state index < -0.39 is 17.4 Å². The number of hydrogen-bond acceptors (Lipinski definition) is 5. The number of nitrogens with one attached hydrogen (secondary N) is 1. The fourth-order valence-electron chi connectivity index (χ4n) is 6.51. The minimum Gasteiger partial charge on any atom is -0.497 e. The number of imide groups is 1. The van der Waals surface area contributed by atoms with Gasteiger partial charge in [0.2, 0.25) is 11.8 Å². The number of halogens is 3. The molecule has 2 aliphatic heterocycles. The molecule has 4 amide bonds. The average Bonchev–Trinajstić information content (AvgIpc) is 3.17. The third kappa shape index (κ3) is 7.12. The van der Waals surface area contributed by atoms with E-state index in [0.29, 0.717) is 44.6 Å². The Hall–Kier alpha value is -3.24. The van der Waals surface area contributed by atoms with Crippen LogP contribution in [0.1, 0.15) is 62.1 Å². The summed E-state index contributed by atoms with van der Waals surface area (Å²) in [6.07, 6.45) is 1.62. The first-order chi connectivity index (χ1) is 20.1. The van der Waals surface area contributed by atoms with Crippen molar-refractivity contribution in [3.05, 3.63) is 65.7 Å². The second-order valence-corrected chi connectivity index (χ2v) is 11.8. The Kier molecular flexibility index (Phi) is 10.3. The number of hydrogen-bond donors (Lipinski definition) is 1. The predicted molar refractivity (Wildman–Crippen MR) is 161 cm³/mol. The molecular weight excluding hydrogens is 578 g/mol. The Morgan fingerprint density at radius 2 is 1.63 bits per heavy atom. The number of amides is 4. The van der Waals surface area contributed by atoms with Gasteiger partial charge in [0.1, 0.15) is 11.3 Å². The summed E-state index contributed by atoms with van der Waals surface area (Å²) in [4.78, 5) is 45.1. The van der Waals surface area contributed by atoms with Crippen LogP contribution in [0, 0.1) is 5.92 Å². The molecule has 2 heterocycles. The summed E-state index contributed by atoms with van der Waals surface area (Å²) in [7, 11) is 3.31. The van der Waals surface area contributed by atoms with Gasteiger partial charge in [-0.15, -0.1) is 12.4 Å². The zero-order valence-electron chi connectivity index (χ0n) is 24.8. The highest BCUT2D eigenvalue weighted by Gasteiger charge is 2.56. The molecule has 1 spiro atoms. The van der Waals surface area contributed by atoms with E-state index in [4.69, 9.17) is 4.74 Å². The third-order valence-electron chi connectivity index (χ3n) is 9.33. The van der Waals surface area contributed by atoms with Crippen LogP contribution < -0.4 is 10.1 Å². The lowest BCUT2D eigenvalue weighted by molar-refractivity contribution is -0.135. The first-order valence-corrected chi connectivity index (χ1v) is 14.8. The molecule has 234 valence electrons. The van der Waals surface area contributed by atoms with Gasteiger partial charge in [-0.05, 0) is 55.4 Å². The summed E-state index contributed by atoms with van der Waals surface area (Å²) in [5.74, 6) is -2.67. The van der Waals surface area contributed by atoms with Gasteiger partial charge in [0.15, 0.2) is 0 Å². The molecule has 0 bridgehead atoms. The molecular formula is C32H41ClF2N4O4. The van der Waals surface area contributed by atoms with Gasteiger partial charge in [-0.2, -0.15) is 0 Å². The van der Waals surface area contributed by atoms with Crippen molar-refractivity contribution in [2.75, 3.05) is 33.8 Å². The number of alkyl halides is 2. The van der Waals surface area contributed by atoms with Crippen LogP contribution in [0.4, 0.5) is 13.6 Å². The molecule has 3 aliphatic rings. The van der Waals surface area contributed by atoms with Gasteiger partial charge in [0.05, 0.1) is 19.7 Å². The van der Waals surface area contributed by atoms with Crippen molar-refractivity contribution >= 4 is 30.3 Å². The third-order valence-corrected chi connectivity index (χ3v) is 9.33. The second-order valence-electron chi connectivity index (χ2n) is 11.8. The van der Waals surface area contributed by atoms with Gasteiger partial charge in [0.25, 0.3) is 5.91 Å². The number of piperidine rings is 1. The quantitative estimate of drug-likeness (QED) is 0.380. The Bertz CT molecular complexity index is 1260. The van der Waals surface area contributed by atoms with Gasteiger partial charge in [0, 0.05) is 45.4 Å². The highest BCUT2D eigenvalue weighted by Crippen LogP contribution is 2.38. The molecule has 5 rings (SSSR count). The SMILES string of the molecule is COc1ccc(CN2C(=O)N(C)C3(CCN(CC[C@H](NC(=O)C4CCC(F)(F)CC4)c4ccccc4)CC3)C2=O)cc1.Cl. The van der Waals surface area contributed by atoms with Crippen LogP contribution in [-0.4, -0.2) is 77.8 Å². The number of carbonyl (C=O) groups excluding carboxylic acids is 3. The lowest BCUT2D eigenvalue weighted by Crippen LogP contribution is -2.55. The van der Waals surface area contributed by atoms with Crippen LogP contribution in [-0.2, 0) is 16.1 Å². The Labute approximate surface area is 258 Å². The zero-order chi connectivity index (χ0) is 29.9. The van der Waals surface area contributed by atoms with Crippen LogP contribution in [0.15, 0.2) is 54.6 Å². The molecule has 2 saturated heterocycles. The molecule has 2 aromatic carbocycles. The molecule has 11 heteroatoms. The fourth-order valence-corrected chi connectivity index (χ4v) is 6.51. The van der Waals surface area contributed by atoms with E-state index in [9.17, 15) is 23.2 Å². The van der Waals surface area contributed by atoms with Crippen LogP contribution in [0.3, 0.4) is 0 Å². The highest BCUT2D eigenvalue weighted by atomic mass is 35.5. The summed E-state index contributed by atoms with van der Waals surface area (Å²) in [5.41, 5.74) is 0.984. The number of likely N-dealkylation sites (N-methyl/N-ethyl adjacent to an activating group) is 1. The zero-order valence-corrected chi connectivity index (χ0v) is 25.6. The molecule has 0 unspecified atom stereocenters. The van der Waals surface area contributed by atoms with Crippen LogP contribution in [0.5, 0.6) is 5.75 Å². The van der Waals surface area contributed by atoms with E-state index in [-0.39, 0.29) is 68.5 Å². The van der Waals surface area contributed by atoms with E-state index in [1.165, 1.54) is 4.90 Å². The Morgan fingerprint density at radius 3 is 2.23 bits per heavy atom. The van der Waals surface area contributed by atoms with Gasteiger partial charge < -0.3 is 19.9 Å². The van der Waals surface area contributed by atoms with Crippen LogP contribution >= 0.6 is 12.4 Å². The van der Waals surface area contributed by atoms with Crippen LogP contribution in [0.2, 0.25) is 0 Å². The Morgan fingerprint density at radius 1 is 1.00 bits per heavy atom. The first-order valence-electron chi connectivity index (χ1n) is 14.8. The number of rotatable bonds is 9. The van der Waals surface area contributed by atoms with Gasteiger partial charge >= 0.3 is 6.03 Å². The van der Waals surface area contributed by atoms with Crippen molar-refractivity contribution in [1.29, 1.82) is 0 Å². The number of methoxy groups -OCH3 is 1. The summed E-state index contributed by atoms with van der Waals surface area (Å²) in [6.45, 7) is 2.20. The molecule has 43 heavy (non-hydrogen) atoms. The maximum absolute atomic E-state index is 13.6. The van der Waals surface area contributed by atoms with Crippen molar-refractivity contribution < 1.29 is 27.9 Å². The van der Waals surface area contributed by atoms with Crippen LogP contribution in [0.25, 0.3) is 0 Å². The van der Waals surface area contributed by atoms with E-state index in [0.717, 1.165) is 11.1 Å². The smallest absolute Gasteiger partial charge is 0.327 e. The summed E-state index contributed by atoms with van der Waals surface area (Å²) < 4.78 is 32.5. The standard InChI is InChI=1S/C32H40F2N4O4.ClH/c1-36-30(41)38(22-23-8-10-26(42-2)11-9-23)29(40)31(36)17-20-37(21-18-31)19-14-27(24-6-4-3-5-7-24)35-28(39)25-12-15-32(33,34)16-13-25;/h3-11,25,27H,12-22H2,1-2H3,(H,35,39);1H/t27-;/m0./s1. The van der Waals surface area contributed by atoms with Gasteiger partial charge in [-0.25, -0.2) is 13.6 Å². The van der Waals surface area contributed by atoms with Gasteiger partial charge in [-0.1, -0.05) is 42.5 Å². The molecule has 1 N–H and O–H groups in total. The lowest BCUT2D eigenvalue weighted by atomic mass is 9.85. The monoisotopic (exact) mass is 618 g/mol. The highest BCUT2D eigenvalue weighted by molar-refractivity contribution is 6.07. The number of nitrogens with zero attached hydrogens (tertiary/aromatic N) is 3. The van der Waals surface area contributed by atoms with Crippen molar-refractivity contribution in [2.45, 2.75) is 69.0 Å². The van der Waals surface area contributed by atoms with Crippen molar-refractivity contribution in [2.24, 2.45) is 5.92 Å². The number of benzene rings is 2. The molecule has 1 atom stereocenters. The van der Waals surface area contributed by atoms with Crippen molar-refractivity contribution in [1.82, 2.24) is 20.0 Å². The van der Waals surface area contributed by atoms with E-state index >= 15 is 0 Å². The molecule has 3 fully saturated rings. The van der Waals surface area contributed by atoms with E-state index in [1.54, 1.807) is 19.1 Å². The summed E-state index contributed by atoms with van der Waals surface area (Å²) in [5, 5.41) is 3.14. The fraction of sp³-hybridized carbons (Fsp3) is 0.531. The first kappa shape index (κ1) is 32.7. The second kappa shape index (κ2) is 13.6. The largest absolute Gasteiger partial charge is 0.497 e. The molecule has 0 radical (unpaired) electrons. The molecule has 0 aromatic heterocycles. The van der Waals surface area contributed by atoms with Gasteiger partial charge in [-0.3, -0.25) is 14.5 Å². The maximum Gasteiger partial charge on any atom is 0.327 e. The Balaban J connectivity index is 0.00000423. The summed E-state index contributed by atoms with van der Waals surface area (Å²) >= 11 is 0. The van der Waals surface area contributed by atoms with Crippen molar-refractivity contribution in [3.63, 3.8) is 0 Å².